The molecule has 0 spiro atoms. The van der Waals surface area contributed by atoms with E-state index < -0.39 is 23.6 Å². The van der Waals surface area contributed by atoms with Crippen LogP contribution in [-0.4, -0.2) is 36.8 Å². The highest BCUT2D eigenvalue weighted by atomic mass is 16.5. The van der Waals surface area contributed by atoms with Crippen molar-refractivity contribution in [1.82, 2.24) is 21.7 Å². The fourth-order valence-electron chi connectivity index (χ4n) is 2.57. The van der Waals surface area contributed by atoms with Crippen molar-refractivity contribution in [3.05, 3.63) is 96.1 Å². The zero-order valence-electron chi connectivity index (χ0n) is 17.9. The average Bonchev–Trinajstić information content (AvgIpc) is 2.89. The molecule has 0 aromatic heterocycles. The Labute approximate surface area is 195 Å². The number of para-hydroxylation sites is 2. The summed E-state index contributed by atoms with van der Waals surface area (Å²) < 4.78 is 10.6. The molecule has 174 valence electrons. The summed E-state index contributed by atoms with van der Waals surface area (Å²) in [6.45, 7) is -0.545. The van der Waals surface area contributed by atoms with E-state index in [0.717, 1.165) is 0 Å². The van der Waals surface area contributed by atoms with Crippen molar-refractivity contribution in [3.8, 4) is 11.5 Å². The van der Waals surface area contributed by atoms with Gasteiger partial charge in [0, 0.05) is 11.1 Å². The van der Waals surface area contributed by atoms with E-state index in [1.165, 1.54) is 24.3 Å². The van der Waals surface area contributed by atoms with Gasteiger partial charge in [-0.2, -0.15) is 0 Å². The summed E-state index contributed by atoms with van der Waals surface area (Å²) in [5, 5.41) is 0. The predicted molar refractivity (Wildman–Crippen MR) is 122 cm³/mol. The zero-order chi connectivity index (χ0) is 24.2. The number of ether oxygens (including phenoxy) is 2. The van der Waals surface area contributed by atoms with Crippen LogP contribution in [0.15, 0.2) is 84.9 Å². The Morgan fingerprint density at radius 3 is 1.21 bits per heavy atom. The topological polar surface area (TPSA) is 135 Å². The molecule has 3 aromatic carbocycles. The molecule has 0 aliphatic carbocycles. The summed E-state index contributed by atoms with van der Waals surface area (Å²) in [5.74, 6) is -1.19. The number of nitrogens with one attached hydrogen (secondary N) is 4. The van der Waals surface area contributed by atoms with Crippen molar-refractivity contribution in [2.45, 2.75) is 0 Å². The Hall–Kier alpha value is -4.86. The molecule has 3 rings (SSSR count). The summed E-state index contributed by atoms with van der Waals surface area (Å²) in [5.41, 5.74) is 9.43. The van der Waals surface area contributed by atoms with Crippen LogP contribution in [0.3, 0.4) is 0 Å². The molecule has 4 N–H and O–H groups in total. The lowest BCUT2D eigenvalue weighted by molar-refractivity contribution is -0.124. The van der Waals surface area contributed by atoms with Gasteiger partial charge in [-0.3, -0.25) is 40.9 Å². The minimum atomic E-state index is -0.577. The molecule has 0 saturated carbocycles. The van der Waals surface area contributed by atoms with Crippen LogP contribution in [-0.2, 0) is 9.59 Å². The summed E-state index contributed by atoms with van der Waals surface area (Å²) in [7, 11) is 0. The van der Waals surface area contributed by atoms with Crippen molar-refractivity contribution in [3.63, 3.8) is 0 Å². The van der Waals surface area contributed by atoms with Crippen LogP contribution in [0.25, 0.3) is 0 Å². The molecule has 0 saturated heterocycles. The van der Waals surface area contributed by atoms with Crippen LogP contribution >= 0.6 is 0 Å². The summed E-state index contributed by atoms with van der Waals surface area (Å²) >= 11 is 0. The average molecular weight is 462 g/mol. The van der Waals surface area contributed by atoms with E-state index in [0.29, 0.717) is 11.5 Å². The molecule has 10 nitrogen and oxygen atoms in total. The number of carbonyl (C=O) groups excluding carboxylic acids is 4. The number of hydrogen-bond donors (Lipinski definition) is 4. The van der Waals surface area contributed by atoms with E-state index >= 15 is 0 Å². The summed E-state index contributed by atoms with van der Waals surface area (Å²) in [6.07, 6.45) is 0. The minimum absolute atomic E-state index is 0.209. The monoisotopic (exact) mass is 462 g/mol. The smallest absolute Gasteiger partial charge is 0.276 e. The first-order chi connectivity index (χ1) is 16.5. The fraction of sp³-hybridized carbons (Fsp3) is 0.0833. The molecule has 0 heterocycles. The molecule has 4 amide bonds. The quantitative estimate of drug-likeness (QED) is 0.374. The maximum absolute atomic E-state index is 12.2. The van der Waals surface area contributed by atoms with E-state index in [2.05, 4.69) is 21.7 Å². The van der Waals surface area contributed by atoms with E-state index in [4.69, 9.17) is 9.47 Å². The number of carbonyl (C=O) groups is 4. The Morgan fingerprint density at radius 2 is 0.853 bits per heavy atom. The molecule has 0 bridgehead atoms. The Morgan fingerprint density at radius 1 is 0.500 bits per heavy atom. The van der Waals surface area contributed by atoms with Gasteiger partial charge in [-0.1, -0.05) is 36.4 Å². The van der Waals surface area contributed by atoms with Gasteiger partial charge in [0.1, 0.15) is 11.5 Å². The van der Waals surface area contributed by atoms with Gasteiger partial charge < -0.3 is 9.47 Å². The molecule has 0 fully saturated rings. The SMILES string of the molecule is O=C(COc1ccccc1)NNC(=O)c1ccc(C(=O)NNC(=O)COc2ccccc2)cc1. The first kappa shape index (κ1) is 23.8. The highest BCUT2D eigenvalue weighted by Crippen LogP contribution is 2.08. The summed E-state index contributed by atoms with van der Waals surface area (Å²) in [6, 6.07) is 23.1. The van der Waals surface area contributed by atoms with Gasteiger partial charge in [0.2, 0.25) is 0 Å². The first-order valence-corrected chi connectivity index (χ1v) is 10.2. The molecule has 0 unspecified atom stereocenters. The number of rotatable bonds is 8. The van der Waals surface area contributed by atoms with Gasteiger partial charge in [0.15, 0.2) is 13.2 Å². The Kier molecular flexibility index (Phi) is 8.57. The largest absolute Gasteiger partial charge is 0.484 e. The van der Waals surface area contributed by atoms with E-state index in [1.54, 1.807) is 48.5 Å². The van der Waals surface area contributed by atoms with Gasteiger partial charge in [-0.05, 0) is 48.5 Å². The fourth-order valence-corrected chi connectivity index (χ4v) is 2.57. The van der Waals surface area contributed by atoms with Crippen molar-refractivity contribution in [1.29, 1.82) is 0 Å². The number of benzene rings is 3. The van der Waals surface area contributed by atoms with Crippen LogP contribution in [0.4, 0.5) is 0 Å². The van der Waals surface area contributed by atoms with Gasteiger partial charge in [0.25, 0.3) is 23.6 Å². The third-order valence-electron chi connectivity index (χ3n) is 4.27. The van der Waals surface area contributed by atoms with Crippen LogP contribution in [0.5, 0.6) is 11.5 Å². The molecular weight excluding hydrogens is 440 g/mol. The maximum atomic E-state index is 12.2. The van der Waals surface area contributed by atoms with Crippen molar-refractivity contribution in [2.75, 3.05) is 13.2 Å². The molecule has 0 atom stereocenters. The van der Waals surface area contributed by atoms with Gasteiger partial charge >= 0.3 is 0 Å². The molecule has 34 heavy (non-hydrogen) atoms. The second-order valence-electron chi connectivity index (χ2n) is 6.79. The molecule has 0 aliphatic rings. The highest BCUT2D eigenvalue weighted by Gasteiger charge is 2.11. The van der Waals surface area contributed by atoms with E-state index in [-0.39, 0.29) is 24.3 Å². The molecule has 0 aliphatic heterocycles. The van der Waals surface area contributed by atoms with E-state index in [1.807, 2.05) is 12.1 Å². The standard InChI is InChI=1S/C24H22N4O6/c29-21(15-33-19-7-3-1-4-8-19)25-27-23(31)17-11-13-18(14-12-17)24(32)28-26-22(30)16-34-20-9-5-2-6-10-20/h1-14H,15-16H2,(H,25,29)(H,26,30)(H,27,31)(H,28,32). The molecule has 3 aromatic rings. The van der Waals surface area contributed by atoms with Crippen LogP contribution in [0, 0.1) is 0 Å². The molecular formula is C24H22N4O6. The van der Waals surface area contributed by atoms with Gasteiger partial charge in [0.05, 0.1) is 0 Å². The number of amides is 4. The van der Waals surface area contributed by atoms with Crippen LogP contribution in [0.2, 0.25) is 0 Å². The Bertz CT molecular complexity index is 1030. The third kappa shape index (κ3) is 7.68. The van der Waals surface area contributed by atoms with Gasteiger partial charge in [-0.15, -0.1) is 0 Å². The maximum Gasteiger partial charge on any atom is 0.276 e. The number of hydrogen-bond acceptors (Lipinski definition) is 6. The molecule has 10 heteroatoms. The van der Waals surface area contributed by atoms with Crippen molar-refractivity contribution >= 4 is 23.6 Å². The number of hydrazine groups is 2. The lowest BCUT2D eigenvalue weighted by Crippen LogP contribution is -2.44. The summed E-state index contributed by atoms with van der Waals surface area (Å²) in [4.78, 5) is 47.9. The molecule has 0 radical (unpaired) electrons. The second-order valence-corrected chi connectivity index (χ2v) is 6.79. The lowest BCUT2D eigenvalue weighted by Gasteiger charge is -2.10. The first-order valence-electron chi connectivity index (χ1n) is 10.2. The van der Waals surface area contributed by atoms with Crippen molar-refractivity contribution in [2.24, 2.45) is 0 Å². The second kappa shape index (κ2) is 12.2. The third-order valence-corrected chi connectivity index (χ3v) is 4.27. The van der Waals surface area contributed by atoms with Crippen molar-refractivity contribution < 1.29 is 28.7 Å². The zero-order valence-corrected chi connectivity index (χ0v) is 17.9. The lowest BCUT2D eigenvalue weighted by atomic mass is 10.1. The highest BCUT2D eigenvalue weighted by molar-refractivity contribution is 5.98. The Balaban J connectivity index is 1.38. The van der Waals surface area contributed by atoms with Crippen LogP contribution < -0.4 is 31.2 Å². The van der Waals surface area contributed by atoms with Gasteiger partial charge in [-0.25, -0.2) is 0 Å². The predicted octanol–water partition coefficient (Wildman–Crippen LogP) is 1.37. The van der Waals surface area contributed by atoms with E-state index in [9.17, 15) is 19.2 Å². The minimum Gasteiger partial charge on any atom is -0.484 e. The van der Waals surface area contributed by atoms with Crippen LogP contribution in [0.1, 0.15) is 20.7 Å². The normalized spacial score (nSPS) is 9.88.